The summed E-state index contributed by atoms with van der Waals surface area (Å²) in [5, 5.41) is 3.28. The molecule has 0 bridgehead atoms. The monoisotopic (exact) mass is 443 g/mol. The minimum atomic E-state index is -2.30. The predicted octanol–water partition coefficient (Wildman–Crippen LogP) is 5.00. The molecule has 11 heteroatoms. The van der Waals surface area contributed by atoms with Gasteiger partial charge in [-0.05, 0) is 23.6 Å². The van der Waals surface area contributed by atoms with Crippen LogP contribution >= 0.6 is 11.3 Å². The average Bonchev–Trinajstić information content (AvgIpc) is 3.41. The zero-order valence-corrected chi connectivity index (χ0v) is 15.5. The summed E-state index contributed by atoms with van der Waals surface area (Å²) in [4.78, 5) is 12.2. The molecule has 0 saturated carbocycles. The highest BCUT2D eigenvalue weighted by atomic mass is 32.1. The summed E-state index contributed by atoms with van der Waals surface area (Å²) in [6.07, 6.45) is 0. The number of amides is 1. The molecule has 4 rings (SSSR count). The molecule has 1 aliphatic rings. The summed E-state index contributed by atoms with van der Waals surface area (Å²) in [5.74, 6) is -10.3. The molecule has 0 aliphatic carbocycles. The summed E-state index contributed by atoms with van der Waals surface area (Å²) in [5.41, 5.74) is -0.858. The number of halogens is 5. The lowest BCUT2D eigenvalue weighted by atomic mass is 10.2. The summed E-state index contributed by atoms with van der Waals surface area (Å²) in [7, 11) is 0. The second kappa shape index (κ2) is 7.82. The molecule has 1 amide bonds. The lowest BCUT2D eigenvalue weighted by molar-refractivity contribution is 0.102. The quantitative estimate of drug-likeness (QED) is 0.343. The summed E-state index contributed by atoms with van der Waals surface area (Å²) >= 11 is 0.912. The van der Waals surface area contributed by atoms with Crippen molar-refractivity contribution in [2.24, 2.45) is 0 Å². The maximum atomic E-state index is 13.7. The van der Waals surface area contributed by atoms with E-state index in [0.717, 1.165) is 11.3 Å². The molecule has 3 aromatic rings. The van der Waals surface area contributed by atoms with Gasteiger partial charge in [0, 0.05) is 11.6 Å². The van der Waals surface area contributed by atoms with E-state index in [9.17, 15) is 26.7 Å². The smallest absolute Gasteiger partial charge is 0.265 e. The molecule has 0 saturated heterocycles. The van der Waals surface area contributed by atoms with Crippen LogP contribution in [-0.2, 0) is 6.61 Å². The van der Waals surface area contributed by atoms with E-state index in [4.69, 9.17) is 14.2 Å². The van der Waals surface area contributed by atoms with Crippen LogP contribution in [-0.4, -0.2) is 12.7 Å². The van der Waals surface area contributed by atoms with Crippen LogP contribution in [0.3, 0.4) is 0 Å². The fraction of sp³-hybridized carbons (Fsp3) is 0.105. The molecule has 0 spiro atoms. The number of rotatable bonds is 5. The first kappa shape index (κ1) is 20.0. The molecule has 156 valence electrons. The van der Waals surface area contributed by atoms with Crippen molar-refractivity contribution in [3.8, 4) is 17.2 Å². The molecule has 2 aromatic carbocycles. The largest absolute Gasteiger partial charge is 0.489 e. The van der Waals surface area contributed by atoms with E-state index < -0.39 is 40.7 Å². The van der Waals surface area contributed by atoms with E-state index in [1.54, 1.807) is 28.9 Å². The van der Waals surface area contributed by atoms with Gasteiger partial charge < -0.3 is 19.5 Å². The molecule has 1 aromatic heterocycles. The Balaban J connectivity index is 1.45. The van der Waals surface area contributed by atoms with Crippen LogP contribution < -0.4 is 19.5 Å². The van der Waals surface area contributed by atoms with Gasteiger partial charge in [-0.15, -0.1) is 11.3 Å². The van der Waals surface area contributed by atoms with Crippen LogP contribution in [0.4, 0.5) is 27.6 Å². The zero-order valence-electron chi connectivity index (χ0n) is 14.7. The molecule has 1 aliphatic heterocycles. The van der Waals surface area contributed by atoms with Crippen LogP contribution in [0.15, 0.2) is 29.6 Å². The van der Waals surface area contributed by atoms with Crippen LogP contribution in [0, 0.1) is 29.1 Å². The Morgan fingerprint density at radius 3 is 2.37 bits per heavy atom. The summed E-state index contributed by atoms with van der Waals surface area (Å²) in [6.45, 7) is 0.177. The number of hydrogen-bond acceptors (Lipinski definition) is 5. The number of benzene rings is 2. The van der Waals surface area contributed by atoms with Gasteiger partial charge >= 0.3 is 0 Å². The van der Waals surface area contributed by atoms with Gasteiger partial charge in [0.15, 0.2) is 34.8 Å². The fourth-order valence-corrected chi connectivity index (χ4v) is 3.39. The first-order chi connectivity index (χ1) is 14.3. The van der Waals surface area contributed by atoms with Crippen molar-refractivity contribution in [2.45, 2.75) is 6.61 Å². The fourth-order valence-electron chi connectivity index (χ4n) is 2.59. The lowest BCUT2D eigenvalue weighted by Gasteiger charge is -2.09. The second-order valence-electron chi connectivity index (χ2n) is 6.02. The number of anilines is 1. The van der Waals surface area contributed by atoms with Gasteiger partial charge in [-0.3, -0.25) is 4.79 Å². The van der Waals surface area contributed by atoms with Crippen LogP contribution in [0.2, 0.25) is 0 Å². The Labute approximate surface area is 169 Å². The Bertz CT molecular complexity index is 1120. The van der Waals surface area contributed by atoms with Gasteiger partial charge in [0.1, 0.15) is 18.0 Å². The second-order valence-corrected chi connectivity index (χ2v) is 6.93. The number of thiophene rings is 1. The number of carbonyl (C=O) groups is 1. The van der Waals surface area contributed by atoms with Crippen molar-refractivity contribution < 1.29 is 41.0 Å². The summed E-state index contributed by atoms with van der Waals surface area (Å²) < 4.78 is 83.1. The molecule has 0 unspecified atom stereocenters. The molecule has 0 atom stereocenters. The minimum Gasteiger partial charge on any atom is -0.489 e. The minimum absolute atomic E-state index is 0.0109. The Morgan fingerprint density at radius 1 is 0.967 bits per heavy atom. The van der Waals surface area contributed by atoms with Crippen molar-refractivity contribution in [3.63, 3.8) is 0 Å². The van der Waals surface area contributed by atoms with Crippen molar-refractivity contribution in [3.05, 3.63) is 69.2 Å². The van der Waals surface area contributed by atoms with Gasteiger partial charge in [-0.1, -0.05) is 0 Å². The highest BCUT2D eigenvalue weighted by Gasteiger charge is 2.27. The maximum absolute atomic E-state index is 13.7. The third-order valence-electron chi connectivity index (χ3n) is 4.08. The standard InChI is InChI=1S/C19H10F5NO4S/c20-13-14(21)16(23)18(17(24)15(13)22)25-19(26)12-3-8(6-30-12)5-27-9-1-2-10-11(4-9)29-7-28-10/h1-4,6H,5,7H2,(H,25,26). The number of ether oxygens (including phenoxy) is 3. The molecular formula is C19H10F5NO4S. The first-order valence-corrected chi connectivity index (χ1v) is 9.15. The predicted molar refractivity (Wildman–Crippen MR) is 95.4 cm³/mol. The van der Waals surface area contributed by atoms with Crippen LogP contribution in [0.5, 0.6) is 17.2 Å². The number of carbonyl (C=O) groups excluding carboxylic acids is 1. The molecular weight excluding hydrogens is 433 g/mol. The molecule has 1 N–H and O–H groups in total. The molecule has 30 heavy (non-hydrogen) atoms. The van der Waals surface area contributed by atoms with Crippen molar-refractivity contribution in [1.29, 1.82) is 0 Å². The highest BCUT2D eigenvalue weighted by molar-refractivity contribution is 7.12. The number of fused-ring (bicyclic) bond motifs is 1. The number of hydrogen-bond donors (Lipinski definition) is 1. The maximum Gasteiger partial charge on any atom is 0.265 e. The normalized spacial score (nSPS) is 12.2. The lowest BCUT2D eigenvalue weighted by Crippen LogP contribution is -2.16. The Kier molecular flexibility index (Phi) is 5.20. The van der Waals surface area contributed by atoms with Crippen LogP contribution in [0.1, 0.15) is 15.2 Å². The Hall–Kier alpha value is -3.34. The van der Waals surface area contributed by atoms with E-state index in [-0.39, 0.29) is 18.3 Å². The third-order valence-corrected chi connectivity index (χ3v) is 5.05. The molecule has 0 radical (unpaired) electrons. The van der Waals surface area contributed by atoms with E-state index >= 15 is 0 Å². The van der Waals surface area contributed by atoms with Crippen molar-refractivity contribution >= 4 is 22.9 Å². The van der Waals surface area contributed by atoms with E-state index in [1.165, 1.54) is 6.07 Å². The van der Waals surface area contributed by atoms with Gasteiger partial charge in [0.25, 0.3) is 5.91 Å². The third kappa shape index (κ3) is 3.63. The Morgan fingerprint density at radius 2 is 1.63 bits per heavy atom. The van der Waals surface area contributed by atoms with Crippen LogP contribution in [0.25, 0.3) is 0 Å². The van der Waals surface area contributed by atoms with Gasteiger partial charge in [-0.25, -0.2) is 22.0 Å². The number of nitrogens with one attached hydrogen (secondary N) is 1. The van der Waals surface area contributed by atoms with E-state index in [0.29, 0.717) is 22.8 Å². The summed E-state index contributed by atoms with van der Waals surface area (Å²) in [6, 6.07) is 6.34. The van der Waals surface area contributed by atoms with Gasteiger partial charge in [0.05, 0.1) is 4.88 Å². The zero-order chi connectivity index (χ0) is 21.4. The molecule has 5 nitrogen and oxygen atoms in total. The van der Waals surface area contributed by atoms with Gasteiger partial charge in [0.2, 0.25) is 12.6 Å². The average molecular weight is 443 g/mol. The van der Waals surface area contributed by atoms with Gasteiger partial charge in [-0.2, -0.15) is 0 Å². The van der Waals surface area contributed by atoms with Crippen molar-refractivity contribution in [2.75, 3.05) is 12.1 Å². The highest BCUT2D eigenvalue weighted by Crippen LogP contribution is 2.35. The molecule has 2 heterocycles. The van der Waals surface area contributed by atoms with Crippen molar-refractivity contribution in [1.82, 2.24) is 0 Å². The molecule has 0 fully saturated rings. The SMILES string of the molecule is O=C(Nc1c(F)c(F)c(F)c(F)c1F)c1cc(COc2ccc3c(c2)OCO3)cs1. The van der Waals surface area contributed by atoms with E-state index in [2.05, 4.69) is 0 Å². The topological polar surface area (TPSA) is 56.8 Å². The van der Waals surface area contributed by atoms with E-state index in [1.807, 2.05) is 0 Å². The first-order valence-electron chi connectivity index (χ1n) is 8.27.